The second-order valence-electron chi connectivity index (χ2n) is 23.1. The largest absolute Gasteiger partial charge is 0.307 e. The number of benzene rings is 12. The van der Waals surface area contributed by atoms with E-state index in [1.54, 1.807) is 0 Å². The topological polar surface area (TPSA) is 6.48 Å². The van der Waals surface area contributed by atoms with Crippen LogP contribution in [0, 0.1) is 0 Å². The first-order chi connectivity index (χ1) is 38.0. The molecule has 374 valence electrons. The zero-order valence-corrected chi connectivity index (χ0v) is 47.4. The van der Waals surface area contributed by atoms with Crippen LogP contribution in [0.2, 0.25) is 0 Å². The van der Waals surface area contributed by atoms with E-state index in [2.05, 4.69) is 258 Å². The Kier molecular flexibility index (Phi) is 9.99. The van der Waals surface area contributed by atoms with Crippen LogP contribution < -0.4 is 9.80 Å². The van der Waals surface area contributed by atoms with Gasteiger partial charge in [-0.1, -0.05) is 187 Å². The lowest BCUT2D eigenvalue weighted by molar-refractivity contribution is 0.595. The summed E-state index contributed by atoms with van der Waals surface area (Å²) >= 11 is 7.63. The summed E-state index contributed by atoms with van der Waals surface area (Å²) in [7, 11) is 0. The maximum absolute atomic E-state index is 2.65. The number of nitrogens with zero attached hydrogens (tertiary/aromatic N) is 2. The zero-order valence-electron chi connectivity index (χ0n) is 44.2. The fraction of sp³-hybridized carbons (Fsp3) is 0.111. The van der Waals surface area contributed by atoms with Gasteiger partial charge in [0.25, 0.3) is 0 Å². The molecule has 16 aromatic rings. The van der Waals surface area contributed by atoms with Crippen molar-refractivity contribution in [2.45, 2.75) is 52.4 Å². The second kappa shape index (κ2) is 16.8. The van der Waals surface area contributed by atoms with Crippen LogP contribution in [0.5, 0.6) is 0 Å². The van der Waals surface area contributed by atoms with Crippen LogP contribution >= 0.6 is 45.3 Å². The smallest absolute Gasteiger partial charge is 0.0641 e. The van der Waals surface area contributed by atoms with Crippen molar-refractivity contribution in [2.24, 2.45) is 0 Å². The Labute approximate surface area is 468 Å². The van der Waals surface area contributed by atoms with Crippen molar-refractivity contribution in [3.05, 3.63) is 217 Å². The van der Waals surface area contributed by atoms with E-state index in [1.807, 2.05) is 45.3 Å². The van der Waals surface area contributed by atoms with Crippen molar-refractivity contribution in [3.8, 4) is 0 Å². The maximum atomic E-state index is 2.65. The molecule has 4 aromatic heterocycles. The first kappa shape index (κ1) is 46.3. The maximum Gasteiger partial charge on any atom is 0.0641 e. The molecule has 0 bridgehead atoms. The lowest BCUT2D eigenvalue weighted by Gasteiger charge is -2.34. The van der Waals surface area contributed by atoms with E-state index >= 15 is 0 Å². The third kappa shape index (κ3) is 6.70. The van der Waals surface area contributed by atoms with E-state index in [0.717, 1.165) is 0 Å². The van der Waals surface area contributed by atoms with Gasteiger partial charge < -0.3 is 9.80 Å². The van der Waals surface area contributed by atoms with Crippen molar-refractivity contribution in [1.82, 2.24) is 0 Å². The Morgan fingerprint density at radius 1 is 0.244 bits per heavy atom. The number of rotatable bonds is 6. The predicted octanol–water partition coefficient (Wildman–Crippen LogP) is 23.6. The highest BCUT2D eigenvalue weighted by atomic mass is 32.1. The molecule has 0 N–H and O–H groups in total. The van der Waals surface area contributed by atoms with Gasteiger partial charge in [0.05, 0.1) is 52.9 Å². The molecule has 0 unspecified atom stereocenters. The standard InChI is InChI=1S/C72H52N2S4/c1-71(2,3)53-39-59(73(55-27-15-23-45-41-19-7-11-31-61(41)75-67(45)55)56-28-16-24-46-42-20-8-12-32-62(42)76-68(46)56)51-38-36-50-54(72(4,5)6)40-60(52-37-35-49(53)65(51)66(50)52)74(57-29-17-25-47-43-21-9-13-33-63(43)77-69(47)57)58-30-18-26-48-44-22-10-14-34-64(44)78-70(48)58/h7-40H,1-6H3. The lowest BCUT2D eigenvalue weighted by atomic mass is 9.77. The van der Waals surface area contributed by atoms with Crippen LogP contribution in [-0.2, 0) is 10.8 Å². The predicted molar refractivity (Wildman–Crippen MR) is 348 cm³/mol. The fourth-order valence-electron chi connectivity index (χ4n) is 13.0. The Morgan fingerprint density at radius 2 is 0.500 bits per heavy atom. The number of fused-ring (bicyclic) bond motifs is 12. The number of hydrogen-bond acceptors (Lipinski definition) is 6. The number of hydrogen-bond donors (Lipinski definition) is 0. The highest BCUT2D eigenvalue weighted by Gasteiger charge is 2.32. The molecular weight excluding hydrogens is 1020 g/mol. The molecule has 6 heteroatoms. The van der Waals surface area contributed by atoms with Crippen LogP contribution in [0.3, 0.4) is 0 Å². The van der Waals surface area contributed by atoms with Gasteiger partial charge >= 0.3 is 0 Å². The van der Waals surface area contributed by atoms with E-state index in [4.69, 9.17) is 0 Å². The molecule has 0 saturated carbocycles. The third-order valence-electron chi connectivity index (χ3n) is 16.5. The normalized spacial score (nSPS) is 12.7. The molecule has 0 aliphatic heterocycles. The van der Waals surface area contributed by atoms with Gasteiger partial charge in [-0.25, -0.2) is 0 Å². The molecule has 0 amide bonds. The first-order valence-electron chi connectivity index (χ1n) is 27.0. The van der Waals surface area contributed by atoms with Gasteiger partial charge in [-0.3, -0.25) is 0 Å². The van der Waals surface area contributed by atoms with Crippen molar-refractivity contribution in [3.63, 3.8) is 0 Å². The Bertz CT molecular complexity index is 4600. The van der Waals surface area contributed by atoms with Crippen LogP contribution in [-0.4, -0.2) is 0 Å². The molecule has 12 aromatic carbocycles. The molecule has 2 nitrogen and oxygen atoms in total. The van der Waals surface area contributed by atoms with Crippen LogP contribution in [0.1, 0.15) is 52.7 Å². The van der Waals surface area contributed by atoms with Crippen molar-refractivity contribution in [2.75, 3.05) is 9.80 Å². The molecule has 0 radical (unpaired) electrons. The van der Waals surface area contributed by atoms with Gasteiger partial charge in [0.1, 0.15) is 0 Å². The first-order valence-corrected chi connectivity index (χ1v) is 30.3. The molecule has 0 saturated heterocycles. The summed E-state index contributed by atoms with van der Waals surface area (Å²) in [6.45, 7) is 14.4. The fourth-order valence-corrected chi connectivity index (χ4v) is 17.8. The summed E-state index contributed by atoms with van der Waals surface area (Å²) in [5, 5.41) is 18.1. The average Bonchev–Trinajstić information content (AvgIpc) is 4.36. The molecule has 0 aliphatic rings. The summed E-state index contributed by atoms with van der Waals surface area (Å²) in [4.78, 5) is 5.30. The molecule has 0 atom stereocenters. The summed E-state index contributed by atoms with van der Waals surface area (Å²) in [6.07, 6.45) is 0. The van der Waals surface area contributed by atoms with Crippen molar-refractivity contribution in [1.29, 1.82) is 0 Å². The van der Waals surface area contributed by atoms with Gasteiger partial charge in [0.2, 0.25) is 0 Å². The molecule has 0 spiro atoms. The summed E-state index contributed by atoms with van der Waals surface area (Å²) in [5.41, 5.74) is 9.45. The lowest BCUT2D eigenvalue weighted by Crippen LogP contribution is -2.18. The monoisotopic (exact) mass is 1070 g/mol. The quantitative estimate of drug-likeness (QED) is 0.153. The Morgan fingerprint density at radius 3 is 0.782 bits per heavy atom. The zero-order chi connectivity index (χ0) is 52.3. The minimum absolute atomic E-state index is 0.203. The SMILES string of the molecule is CC(C)(C)c1cc(N(c2cccc3c2sc2ccccc23)c2cccc3c2sc2ccccc23)c2ccc3c(C(C)(C)C)cc(N(c4cccc5c4sc4ccccc45)c4cccc5c4sc4ccccc45)c4ccc1c2c43. The molecule has 4 heterocycles. The highest BCUT2D eigenvalue weighted by Crippen LogP contribution is 2.57. The summed E-state index contributed by atoms with van der Waals surface area (Å²) < 4.78 is 10.4. The van der Waals surface area contributed by atoms with Crippen LogP contribution in [0.15, 0.2) is 206 Å². The van der Waals surface area contributed by atoms with Crippen molar-refractivity contribution >= 4 is 192 Å². The number of thiophene rings is 4. The molecule has 78 heavy (non-hydrogen) atoms. The average molecular weight is 1070 g/mol. The third-order valence-corrected chi connectivity index (χ3v) is 21.3. The summed E-state index contributed by atoms with van der Waals surface area (Å²) in [6, 6.07) is 78.6. The van der Waals surface area contributed by atoms with Crippen LogP contribution in [0.25, 0.3) is 113 Å². The van der Waals surface area contributed by atoms with Gasteiger partial charge in [-0.15, -0.1) is 45.3 Å². The number of anilines is 6. The van der Waals surface area contributed by atoms with Crippen LogP contribution in [0.4, 0.5) is 34.1 Å². The van der Waals surface area contributed by atoms with E-state index < -0.39 is 0 Å². The van der Waals surface area contributed by atoms with Crippen molar-refractivity contribution < 1.29 is 0 Å². The van der Waals surface area contributed by atoms with Gasteiger partial charge in [0, 0.05) is 72.7 Å². The minimum Gasteiger partial charge on any atom is -0.307 e. The minimum atomic E-state index is -0.203. The Balaban J connectivity index is 1.07. The molecule has 0 aliphatic carbocycles. The van der Waals surface area contributed by atoms with E-state index in [0.29, 0.717) is 0 Å². The van der Waals surface area contributed by atoms with Gasteiger partial charge in [-0.05, 0) is 104 Å². The van der Waals surface area contributed by atoms with Gasteiger partial charge in [0.15, 0.2) is 0 Å². The molecule has 0 fully saturated rings. The molecular formula is C72H52N2S4. The van der Waals surface area contributed by atoms with E-state index in [1.165, 1.54) is 158 Å². The van der Waals surface area contributed by atoms with E-state index in [9.17, 15) is 0 Å². The Hall–Kier alpha value is -7.84. The van der Waals surface area contributed by atoms with E-state index in [-0.39, 0.29) is 10.8 Å². The highest BCUT2D eigenvalue weighted by molar-refractivity contribution is 7.28. The second-order valence-corrected chi connectivity index (χ2v) is 27.3. The van der Waals surface area contributed by atoms with Gasteiger partial charge in [-0.2, -0.15) is 0 Å². The summed E-state index contributed by atoms with van der Waals surface area (Å²) in [5.74, 6) is 0. The molecule has 16 rings (SSSR count).